The summed E-state index contributed by atoms with van der Waals surface area (Å²) in [6.07, 6.45) is 0.282. The van der Waals surface area contributed by atoms with E-state index in [0.29, 0.717) is 0 Å². The molecule has 128 valence electrons. The summed E-state index contributed by atoms with van der Waals surface area (Å²) in [5.41, 5.74) is 2.90. The fourth-order valence-electron chi connectivity index (χ4n) is 2.54. The Bertz CT molecular complexity index is 828. The summed E-state index contributed by atoms with van der Waals surface area (Å²) in [6, 6.07) is 17.7. The summed E-state index contributed by atoms with van der Waals surface area (Å²) < 4.78 is 5.17. The number of nitrogens with zero attached hydrogens (tertiary/aromatic N) is 1. The molecule has 3 aromatic rings. The Kier molecular flexibility index (Phi) is 5.46. The zero-order valence-corrected chi connectivity index (χ0v) is 15.0. The van der Waals surface area contributed by atoms with Crippen molar-refractivity contribution in [1.29, 1.82) is 0 Å². The summed E-state index contributed by atoms with van der Waals surface area (Å²) in [4.78, 5) is 16.8. The smallest absolute Gasteiger partial charge is 0.226 e. The van der Waals surface area contributed by atoms with Crippen molar-refractivity contribution in [2.75, 3.05) is 7.11 Å². The van der Waals surface area contributed by atoms with Crippen molar-refractivity contribution in [3.63, 3.8) is 0 Å². The molecule has 0 saturated carbocycles. The van der Waals surface area contributed by atoms with Gasteiger partial charge in [-0.3, -0.25) is 4.79 Å². The van der Waals surface area contributed by atoms with Gasteiger partial charge >= 0.3 is 0 Å². The van der Waals surface area contributed by atoms with Gasteiger partial charge in [-0.15, -0.1) is 11.3 Å². The number of thiazole rings is 1. The third-order valence-corrected chi connectivity index (χ3v) is 4.85. The SMILES string of the molecule is COc1ccc(-c2nc(CC(=O)N[C@@H](C)c3ccccc3)cs2)cc1. The molecule has 3 rings (SSSR count). The van der Waals surface area contributed by atoms with E-state index in [2.05, 4.69) is 10.3 Å². The molecule has 0 bridgehead atoms. The van der Waals surface area contributed by atoms with Crippen molar-refractivity contribution in [1.82, 2.24) is 10.3 Å². The van der Waals surface area contributed by atoms with Crippen LogP contribution in [0.5, 0.6) is 5.75 Å². The number of aromatic nitrogens is 1. The minimum Gasteiger partial charge on any atom is -0.497 e. The molecule has 1 N–H and O–H groups in total. The summed E-state index contributed by atoms with van der Waals surface area (Å²) in [6.45, 7) is 1.98. The highest BCUT2D eigenvalue weighted by atomic mass is 32.1. The fraction of sp³-hybridized carbons (Fsp3) is 0.200. The molecule has 0 unspecified atom stereocenters. The van der Waals surface area contributed by atoms with Gasteiger partial charge < -0.3 is 10.1 Å². The lowest BCUT2D eigenvalue weighted by molar-refractivity contribution is -0.121. The third kappa shape index (κ3) is 4.45. The number of carbonyl (C=O) groups is 1. The molecule has 0 fully saturated rings. The second kappa shape index (κ2) is 7.94. The summed E-state index contributed by atoms with van der Waals surface area (Å²) >= 11 is 1.54. The summed E-state index contributed by atoms with van der Waals surface area (Å²) in [5, 5.41) is 5.86. The van der Waals surface area contributed by atoms with Crippen LogP contribution in [0.4, 0.5) is 0 Å². The fourth-order valence-corrected chi connectivity index (χ4v) is 3.36. The molecule has 2 aromatic carbocycles. The van der Waals surface area contributed by atoms with Crippen LogP contribution < -0.4 is 10.1 Å². The lowest BCUT2D eigenvalue weighted by Crippen LogP contribution is -2.28. The third-order valence-electron chi connectivity index (χ3n) is 3.91. The molecular weight excluding hydrogens is 332 g/mol. The van der Waals surface area contributed by atoms with Crippen LogP contribution in [0.25, 0.3) is 10.6 Å². The quantitative estimate of drug-likeness (QED) is 0.722. The Morgan fingerprint density at radius 3 is 2.56 bits per heavy atom. The van der Waals surface area contributed by atoms with E-state index in [1.165, 1.54) is 0 Å². The minimum absolute atomic E-state index is 0.0200. The van der Waals surface area contributed by atoms with Gasteiger partial charge in [-0.1, -0.05) is 30.3 Å². The number of rotatable bonds is 6. The first-order chi connectivity index (χ1) is 12.2. The highest BCUT2D eigenvalue weighted by molar-refractivity contribution is 7.13. The normalized spacial score (nSPS) is 11.8. The monoisotopic (exact) mass is 352 g/mol. The maximum Gasteiger partial charge on any atom is 0.226 e. The second-order valence-corrected chi connectivity index (χ2v) is 6.61. The van der Waals surface area contributed by atoms with Crippen LogP contribution in [0.15, 0.2) is 60.0 Å². The summed E-state index contributed by atoms with van der Waals surface area (Å²) in [7, 11) is 1.64. The molecule has 25 heavy (non-hydrogen) atoms. The molecule has 5 heteroatoms. The molecule has 1 heterocycles. The Morgan fingerprint density at radius 1 is 1.16 bits per heavy atom. The van der Waals surface area contributed by atoms with Gasteiger partial charge in [0.25, 0.3) is 0 Å². The highest BCUT2D eigenvalue weighted by Crippen LogP contribution is 2.26. The molecule has 0 radical (unpaired) electrons. The van der Waals surface area contributed by atoms with Crippen molar-refractivity contribution in [3.8, 4) is 16.3 Å². The largest absolute Gasteiger partial charge is 0.497 e. The number of ether oxygens (including phenoxy) is 1. The average Bonchev–Trinajstić information content (AvgIpc) is 3.10. The van der Waals surface area contributed by atoms with Gasteiger partial charge in [-0.25, -0.2) is 4.98 Å². The van der Waals surface area contributed by atoms with Crippen molar-refractivity contribution in [2.45, 2.75) is 19.4 Å². The molecule has 1 amide bonds. The Morgan fingerprint density at radius 2 is 1.88 bits per heavy atom. The molecule has 1 aromatic heterocycles. The first-order valence-electron chi connectivity index (χ1n) is 8.09. The molecule has 0 aliphatic heterocycles. The predicted octanol–water partition coefficient (Wildman–Crippen LogP) is 4.24. The number of benzene rings is 2. The van der Waals surface area contributed by atoms with Gasteiger partial charge in [0.15, 0.2) is 0 Å². The Hall–Kier alpha value is -2.66. The average molecular weight is 352 g/mol. The van der Waals surface area contributed by atoms with Crippen molar-refractivity contribution < 1.29 is 9.53 Å². The molecule has 0 aliphatic carbocycles. The maximum atomic E-state index is 12.3. The number of hydrogen-bond acceptors (Lipinski definition) is 4. The lowest BCUT2D eigenvalue weighted by atomic mass is 10.1. The van der Waals surface area contributed by atoms with E-state index < -0.39 is 0 Å². The van der Waals surface area contributed by atoms with Crippen LogP contribution >= 0.6 is 11.3 Å². The van der Waals surface area contributed by atoms with Gasteiger partial charge in [-0.05, 0) is 36.8 Å². The molecule has 0 aliphatic rings. The molecule has 1 atom stereocenters. The van der Waals surface area contributed by atoms with E-state index in [-0.39, 0.29) is 18.4 Å². The van der Waals surface area contributed by atoms with Crippen molar-refractivity contribution in [3.05, 3.63) is 71.2 Å². The number of methoxy groups -OCH3 is 1. The summed E-state index contributed by atoms with van der Waals surface area (Å²) in [5.74, 6) is 0.790. The van der Waals surface area contributed by atoms with E-state index in [0.717, 1.165) is 27.6 Å². The standard InChI is InChI=1S/C20H20N2O2S/c1-14(15-6-4-3-5-7-15)21-19(23)12-17-13-25-20(22-17)16-8-10-18(24-2)11-9-16/h3-11,13-14H,12H2,1-2H3,(H,21,23)/t14-/m0/s1. The van der Waals surface area contributed by atoms with Crippen LogP contribution in [0.3, 0.4) is 0 Å². The lowest BCUT2D eigenvalue weighted by Gasteiger charge is -2.13. The van der Waals surface area contributed by atoms with Gasteiger partial charge in [0.2, 0.25) is 5.91 Å². The second-order valence-electron chi connectivity index (χ2n) is 5.75. The van der Waals surface area contributed by atoms with Gasteiger partial charge in [0.1, 0.15) is 10.8 Å². The highest BCUT2D eigenvalue weighted by Gasteiger charge is 2.12. The van der Waals surface area contributed by atoms with Crippen LogP contribution in [0.1, 0.15) is 24.2 Å². The van der Waals surface area contributed by atoms with Gasteiger partial charge in [0, 0.05) is 10.9 Å². The zero-order valence-electron chi connectivity index (χ0n) is 14.2. The molecular formula is C20H20N2O2S. The van der Waals surface area contributed by atoms with E-state index >= 15 is 0 Å². The minimum atomic E-state index is -0.0251. The number of hydrogen-bond donors (Lipinski definition) is 1. The first kappa shape index (κ1) is 17.2. The molecule has 0 spiro atoms. The molecule has 0 saturated heterocycles. The number of carbonyl (C=O) groups excluding carboxylic acids is 1. The van der Waals surface area contributed by atoms with Crippen LogP contribution in [0, 0.1) is 0 Å². The molecule has 4 nitrogen and oxygen atoms in total. The van der Waals surface area contributed by atoms with E-state index in [1.54, 1.807) is 18.4 Å². The predicted molar refractivity (Wildman–Crippen MR) is 101 cm³/mol. The topological polar surface area (TPSA) is 51.2 Å². The number of nitrogens with one attached hydrogen (secondary N) is 1. The maximum absolute atomic E-state index is 12.3. The van der Waals surface area contributed by atoms with E-state index in [9.17, 15) is 4.79 Å². The Balaban J connectivity index is 1.61. The van der Waals surface area contributed by atoms with E-state index in [1.807, 2.05) is 66.9 Å². The van der Waals surface area contributed by atoms with E-state index in [4.69, 9.17) is 4.74 Å². The first-order valence-corrected chi connectivity index (χ1v) is 8.97. The zero-order chi connectivity index (χ0) is 17.6. The Labute approximate surface area is 151 Å². The van der Waals surface area contributed by atoms with Crippen molar-refractivity contribution in [2.24, 2.45) is 0 Å². The van der Waals surface area contributed by atoms with Crippen LogP contribution in [0.2, 0.25) is 0 Å². The van der Waals surface area contributed by atoms with Gasteiger partial charge in [0.05, 0.1) is 25.3 Å². The van der Waals surface area contributed by atoms with Crippen LogP contribution in [-0.2, 0) is 11.2 Å². The van der Waals surface area contributed by atoms with Crippen molar-refractivity contribution >= 4 is 17.2 Å². The van der Waals surface area contributed by atoms with Crippen LogP contribution in [-0.4, -0.2) is 18.0 Å². The van der Waals surface area contributed by atoms with Gasteiger partial charge in [-0.2, -0.15) is 0 Å². The number of amides is 1.